The quantitative estimate of drug-likeness (QED) is 0.800. The van der Waals surface area contributed by atoms with Gasteiger partial charge in [0.2, 0.25) is 5.91 Å². The molecule has 0 radical (unpaired) electrons. The summed E-state index contributed by atoms with van der Waals surface area (Å²) in [7, 11) is 1.69. The molecule has 0 saturated carbocycles. The van der Waals surface area contributed by atoms with Crippen LogP contribution in [-0.4, -0.2) is 41.3 Å². The second-order valence-corrected chi connectivity index (χ2v) is 4.82. The molecule has 3 N–H and O–H groups in total. The maximum absolute atomic E-state index is 11.8. The Bertz CT molecular complexity index is 432. The lowest BCUT2D eigenvalue weighted by Gasteiger charge is -2.20. The van der Waals surface area contributed by atoms with Crippen LogP contribution in [0.3, 0.4) is 0 Å². The summed E-state index contributed by atoms with van der Waals surface area (Å²) in [6, 6.07) is -0.564. The summed E-state index contributed by atoms with van der Waals surface area (Å²) in [5.41, 5.74) is 5.73. The van der Waals surface area contributed by atoms with E-state index in [1.54, 1.807) is 24.3 Å². The van der Waals surface area contributed by atoms with Gasteiger partial charge in [-0.05, 0) is 13.8 Å². The minimum Gasteiger partial charge on any atom is -0.344 e. The largest absolute Gasteiger partial charge is 0.344 e. The predicted molar refractivity (Wildman–Crippen MR) is 70.2 cm³/mol. The summed E-state index contributed by atoms with van der Waals surface area (Å²) in [5.74, 6) is -0.476. The van der Waals surface area contributed by atoms with Gasteiger partial charge in [0.25, 0.3) is 5.91 Å². The lowest BCUT2D eigenvalue weighted by atomic mass is 10.3. The van der Waals surface area contributed by atoms with Gasteiger partial charge < -0.3 is 16.0 Å². The molecule has 0 aliphatic carbocycles. The molecule has 1 heterocycles. The van der Waals surface area contributed by atoms with E-state index < -0.39 is 6.04 Å². The number of nitrogens with two attached hydrogens (primary N) is 1. The van der Waals surface area contributed by atoms with Crippen molar-refractivity contribution in [2.75, 3.05) is 13.6 Å². The van der Waals surface area contributed by atoms with Crippen molar-refractivity contribution in [1.82, 2.24) is 15.2 Å². The second-order valence-electron chi connectivity index (χ2n) is 3.88. The van der Waals surface area contributed by atoms with Gasteiger partial charge >= 0.3 is 0 Å². The van der Waals surface area contributed by atoms with Gasteiger partial charge in [-0.3, -0.25) is 9.59 Å². The van der Waals surface area contributed by atoms with Crippen LogP contribution in [0.2, 0.25) is 0 Å². The number of aromatic nitrogens is 1. The number of nitrogens with one attached hydrogen (secondary N) is 1. The monoisotopic (exact) mass is 270 g/mol. The van der Waals surface area contributed by atoms with Gasteiger partial charge in [0.05, 0.1) is 0 Å². The first-order valence-corrected chi connectivity index (χ1v) is 6.57. The first-order chi connectivity index (χ1) is 8.49. The second kappa shape index (κ2) is 6.46. The summed E-state index contributed by atoms with van der Waals surface area (Å²) in [5, 5.41) is 4.96. The topological polar surface area (TPSA) is 88.3 Å². The average molecular weight is 270 g/mol. The molecule has 0 aromatic carbocycles. The highest BCUT2D eigenvalue weighted by Crippen LogP contribution is 2.08. The van der Waals surface area contributed by atoms with E-state index in [-0.39, 0.29) is 11.8 Å². The van der Waals surface area contributed by atoms with Crippen LogP contribution < -0.4 is 11.1 Å². The van der Waals surface area contributed by atoms with E-state index >= 15 is 0 Å². The molecule has 1 rings (SSSR count). The molecule has 1 aromatic heterocycles. The van der Waals surface area contributed by atoms with Gasteiger partial charge in [0.15, 0.2) is 0 Å². The highest BCUT2D eigenvalue weighted by Gasteiger charge is 2.20. The molecule has 100 valence electrons. The molecule has 6 nitrogen and oxygen atoms in total. The number of likely N-dealkylation sites (N-methyl/N-ethyl adjacent to an activating group) is 1. The maximum atomic E-state index is 11.8. The van der Waals surface area contributed by atoms with E-state index in [1.807, 2.05) is 6.92 Å². The Morgan fingerprint density at radius 1 is 1.61 bits per heavy atom. The van der Waals surface area contributed by atoms with Crippen molar-refractivity contribution >= 4 is 23.2 Å². The van der Waals surface area contributed by atoms with Crippen molar-refractivity contribution in [3.05, 3.63) is 16.1 Å². The number of thiazole rings is 1. The smallest absolute Gasteiger partial charge is 0.271 e. The predicted octanol–water partition coefficient (Wildman–Crippen LogP) is 0.198. The summed E-state index contributed by atoms with van der Waals surface area (Å²) in [6.07, 6.45) is 0. The van der Waals surface area contributed by atoms with Gasteiger partial charge in [-0.2, -0.15) is 0 Å². The van der Waals surface area contributed by atoms with Crippen LogP contribution in [0.15, 0.2) is 5.38 Å². The third kappa shape index (κ3) is 3.51. The van der Waals surface area contributed by atoms with E-state index in [1.165, 1.54) is 11.3 Å². The van der Waals surface area contributed by atoms with Crippen LogP contribution >= 0.6 is 11.3 Å². The number of carbonyl (C=O) groups is 2. The van der Waals surface area contributed by atoms with Crippen LogP contribution in [0.4, 0.5) is 0 Å². The van der Waals surface area contributed by atoms with Gasteiger partial charge in [0.1, 0.15) is 16.7 Å². The van der Waals surface area contributed by atoms with Crippen molar-refractivity contribution in [3.63, 3.8) is 0 Å². The number of hydrogen-bond donors (Lipinski definition) is 2. The minimum absolute atomic E-state index is 0.125. The molecule has 0 spiro atoms. The maximum Gasteiger partial charge on any atom is 0.271 e. The zero-order valence-corrected chi connectivity index (χ0v) is 11.6. The van der Waals surface area contributed by atoms with Gasteiger partial charge in [-0.1, -0.05) is 0 Å². The van der Waals surface area contributed by atoms with E-state index in [9.17, 15) is 9.59 Å². The van der Waals surface area contributed by atoms with E-state index in [0.29, 0.717) is 23.8 Å². The Kier molecular flexibility index (Phi) is 5.24. The lowest BCUT2D eigenvalue weighted by Crippen LogP contribution is -2.45. The third-order valence-corrected chi connectivity index (χ3v) is 3.40. The molecular formula is C11H18N4O2S. The van der Waals surface area contributed by atoms with Crippen LogP contribution in [0.25, 0.3) is 0 Å². The molecule has 18 heavy (non-hydrogen) atoms. The summed E-state index contributed by atoms with van der Waals surface area (Å²) < 4.78 is 0. The summed E-state index contributed by atoms with van der Waals surface area (Å²) >= 11 is 1.33. The SMILES string of the molecule is CCN(C)C(=O)C(C)NC(=O)c1csc(CN)n1. The molecule has 1 unspecified atom stereocenters. The fourth-order valence-corrected chi connectivity index (χ4v) is 1.98. The molecule has 0 aliphatic rings. The standard InChI is InChI=1S/C11H18N4O2S/c1-4-15(3)11(17)7(2)13-10(16)8-6-18-9(5-12)14-8/h6-7H,4-5,12H2,1-3H3,(H,13,16). The van der Waals surface area contributed by atoms with Crippen molar-refractivity contribution in [1.29, 1.82) is 0 Å². The van der Waals surface area contributed by atoms with Crippen molar-refractivity contribution in [2.24, 2.45) is 5.73 Å². The lowest BCUT2D eigenvalue weighted by molar-refractivity contribution is -0.131. The molecule has 0 aliphatic heterocycles. The number of rotatable bonds is 5. The van der Waals surface area contributed by atoms with E-state index in [2.05, 4.69) is 10.3 Å². The number of carbonyl (C=O) groups excluding carboxylic acids is 2. The third-order valence-electron chi connectivity index (χ3n) is 2.53. The Labute approximate surface area is 110 Å². The number of amides is 2. The normalized spacial score (nSPS) is 12.0. The Hall–Kier alpha value is -1.47. The minimum atomic E-state index is -0.564. The van der Waals surface area contributed by atoms with Gasteiger partial charge in [-0.15, -0.1) is 11.3 Å². The molecule has 2 amide bonds. The van der Waals surface area contributed by atoms with Crippen molar-refractivity contribution in [3.8, 4) is 0 Å². The zero-order chi connectivity index (χ0) is 13.7. The molecule has 1 aromatic rings. The van der Waals surface area contributed by atoms with Crippen molar-refractivity contribution in [2.45, 2.75) is 26.4 Å². The van der Waals surface area contributed by atoms with Gasteiger partial charge in [-0.25, -0.2) is 4.98 Å². The molecule has 0 bridgehead atoms. The first kappa shape index (κ1) is 14.6. The highest BCUT2D eigenvalue weighted by molar-refractivity contribution is 7.09. The molecule has 0 fully saturated rings. The molecule has 7 heteroatoms. The van der Waals surface area contributed by atoms with E-state index in [4.69, 9.17) is 5.73 Å². The van der Waals surface area contributed by atoms with E-state index in [0.717, 1.165) is 0 Å². The fraction of sp³-hybridized carbons (Fsp3) is 0.545. The average Bonchev–Trinajstić information content (AvgIpc) is 2.85. The summed E-state index contributed by atoms with van der Waals surface area (Å²) in [4.78, 5) is 29.2. The molecular weight excluding hydrogens is 252 g/mol. The van der Waals surface area contributed by atoms with Crippen molar-refractivity contribution < 1.29 is 9.59 Å². The van der Waals surface area contributed by atoms with Crippen LogP contribution in [0, 0.1) is 0 Å². The van der Waals surface area contributed by atoms with Crippen LogP contribution in [0.1, 0.15) is 29.3 Å². The number of hydrogen-bond acceptors (Lipinski definition) is 5. The Balaban J connectivity index is 2.61. The Morgan fingerprint density at radius 2 is 2.28 bits per heavy atom. The number of nitrogens with zero attached hydrogens (tertiary/aromatic N) is 2. The van der Waals surface area contributed by atoms with Crippen LogP contribution in [0.5, 0.6) is 0 Å². The summed E-state index contributed by atoms with van der Waals surface area (Å²) in [6.45, 7) is 4.45. The molecule has 0 saturated heterocycles. The zero-order valence-electron chi connectivity index (χ0n) is 10.8. The van der Waals surface area contributed by atoms with Gasteiger partial charge in [0, 0.05) is 25.5 Å². The highest BCUT2D eigenvalue weighted by atomic mass is 32.1. The first-order valence-electron chi connectivity index (χ1n) is 5.69. The van der Waals surface area contributed by atoms with Crippen LogP contribution in [-0.2, 0) is 11.3 Å². The Morgan fingerprint density at radius 3 is 2.78 bits per heavy atom. The molecule has 1 atom stereocenters. The fourth-order valence-electron chi connectivity index (χ4n) is 1.33.